The molecular formula is C11H18N2O2S. The van der Waals surface area contributed by atoms with E-state index in [1.165, 1.54) is 0 Å². The third kappa shape index (κ3) is 2.06. The second-order valence-corrected chi connectivity index (χ2v) is 5.08. The van der Waals surface area contributed by atoms with Crippen molar-refractivity contribution < 1.29 is 9.53 Å². The predicted octanol–water partition coefficient (Wildman–Crippen LogP) is 0.738. The van der Waals surface area contributed by atoms with E-state index < -0.39 is 5.41 Å². The summed E-state index contributed by atoms with van der Waals surface area (Å²) in [7, 11) is 0. The fourth-order valence-corrected chi connectivity index (χ4v) is 2.59. The van der Waals surface area contributed by atoms with Crippen LogP contribution in [0.2, 0.25) is 0 Å². The smallest absolute Gasteiger partial charge is 0.233 e. The predicted molar refractivity (Wildman–Crippen MR) is 65.1 cm³/mol. The lowest BCUT2D eigenvalue weighted by atomic mass is 9.68. The van der Waals surface area contributed by atoms with Gasteiger partial charge in [-0.3, -0.25) is 4.79 Å². The van der Waals surface area contributed by atoms with Crippen molar-refractivity contribution in [3.8, 4) is 0 Å². The maximum Gasteiger partial charge on any atom is 0.233 e. The Balaban J connectivity index is 1.84. The van der Waals surface area contributed by atoms with Crippen molar-refractivity contribution >= 4 is 23.1 Å². The highest BCUT2D eigenvalue weighted by atomic mass is 32.1. The molecule has 1 unspecified atom stereocenters. The molecule has 90 valence electrons. The van der Waals surface area contributed by atoms with Crippen LogP contribution in [-0.2, 0) is 9.53 Å². The lowest BCUT2D eigenvalue weighted by molar-refractivity contribution is -0.131. The quantitative estimate of drug-likeness (QED) is 0.714. The first-order valence-electron chi connectivity index (χ1n) is 5.85. The fourth-order valence-electron chi connectivity index (χ4n) is 2.30. The molecule has 0 aromatic rings. The number of hydrogen-bond acceptors (Lipinski definition) is 3. The summed E-state index contributed by atoms with van der Waals surface area (Å²) in [5.41, 5.74) is 5.10. The number of thiocarbonyl (C=S) groups is 1. The third-order valence-corrected chi connectivity index (χ3v) is 4.02. The molecular weight excluding hydrogens is 224 g/mol. The van der Waals surface area contributed by atoms with Crippen molar-refractivity contribution in [2.45, 2.75) is 38.2 Å². The molecule has 3 N–H and O–H groups in total. The minimum absolute atomic E-state index is 0.0123. The van der Waals surface area contributed by atoms with Crippen LogP contribution in [-0.4, -0.2) is 30.2 Å². The van der Waals surface area contributed by atoms with Crippen molar-refractivity contribution in [3.05, 3.63) is 0 Å². The zero-order valence-electron chi connectivity index (χ0n) is 9.33. The van der Waals surface area contributed by atoms with E-state index in [-0.39, 0.29) is 12.0 Å². The van der Waals surface area contributed by atoms with E-state index in [1.807, 2.05) is 0 Å². The molecule has 16 heavy (non-hydrogen) atoms. The second kappa shape index (κ2) is 4.67. The summed E-state index contributed by atoms with van der Waals surface area (Å²) in [6.45, 7) is 1.39. The van der Waals surface area contributed by atoms with Crippen molar-refractivity contribution in [3.63, 3.8) is 0 Å². The van der Waals surface area contributed by atoms with Gasteiger partial charge in [-0.25, -0.2) is 0 Å². The third-order valence-electron chi connectivity index (χ3n) is 3.63. The van der Waals surface area contributed by atoms with Gasteiger partial charge in [0.1, 0.15) is 0 Å². The van der Waals surface area contributed by atoms with Gasteiger partial charge in [0.05, 0.1) is 16.5 Å². The largest absolute Gasteiger partial charge is 0.392 e. The lowest BCUT2D eigenvalue weighted by Crippen LogP contribution is -2.54. The zero-order valence-corrected chi connectivity index (χ0v) is 10.1. The molecule has 0 bridgehead atoms. The molecule has 1 aliphatic heterocycles. The van der Waals surface area contributed by atoms with E-state index in [1.54, 1.807) is 0 Å². The summed E-state index contributed by atoms with van der Waals surface area (Å²) in [6, 6.07) is 0. The van der Waals surface area contributed by atoms with Crippen LogP contribution in [0.4, 0.5) is 0 Å². The Hall–Kier alpha value is -0.680. The standard InChI is InChI=1S/C11H18N2O2S/c12-9(16)11(4-2-5-11)10(14)13-7-8-3-1-6-15-8/h8H,1-7H2,(H2,12,16)(H,13,14). The van der Waals surface area contributed by atoms with Gasteiger partial charge < -0.3 is 15.8 Å². The van der Waals surface area contributed by atoms with E-state index >= 15 is 0 Å². The summed E-state index contributed by atoms with van der Waals surface area (Å²) in [5, 5.41) is 2.92. The van der Waals surface area contributed by atoms with Crippen molar-refractivity contribution in [2.24, 2.45) is 11.1 Å². The summed E-state index contributed by atoms with van der Waals surface area (Å²) < 4.78 is 5.45. The number of hydrogen-bond donors (Lipinski definition) is 2. The van der Waals surface area contributed by atoms with Gasteiger partial charge in [0.25, 0.3) is 0 Å². The lowest BCUT2D eigenvalue weighted by Gasteiger charge is -2.39. The molecule has 1 aliphatic carbocycles. The number of nitrogens with two attached hydrogens (primary N) is 1. The summed E-state index contributed by atoms with van der Waals surface area (Å²) in [6.07, 6.45) is 4.90. The van der Waals surface area contributed by atoms with Crippen molar-refractivity contribution in [1.29, 1.82) is 0 Å². The molecule has 1 heterocycles. The normalized spacial score (nSPS) is 27.1. The van der Waals surface area contributed by atoms with Crippen molar-refractivity contribution in [1.82, 2.24) is 5.32 Å². The van der Waals surface area contributed by atoms with E-state index in [0.29, 0.717) is 11.5 Å². The minimum atomic E-state index is -0.562. The average molecular weight is 242 g/mol. The van der Waals surface area contributed by atoms with Gasteiger partial charge in [-0.1, -0.05) is 18.6 Å². The van der Waals surface area contributed by atoms with E-state index in [4.69, 9.17) is 22.7 Å². The molecule has 1 atom stereocenters. The van der Waals surface area contributed by atoms with Gasteiger partial charge in [-0.05, 0) is 25.7 Å². The first-order valence-corrected chi connectivity index (χ1v) is 6.26. The molecule has 2 rings (SSSR count). The Labute approximate surface area is 101 Å². The van der Waals surface area contributed by atoms with Gasteiger partial charge >= 0.3 is 0 Å². The van der Waals surface area contributed by atoms with E-state index in [9.17, 15) is 4.79 Å². The number of nitrogens with one attached hydrogen (secondary N) is 1. The van der Waals surface area contributed by atoms with Gasteiger partial charge in [-0.2, -0.15) is 0 Å². The molecule has 1 saturated carbocycles. The highest BCUT2D eigenvalue weighted by Crippen LogP contribution is 2.41. The van der Waals surface area contributed by atoms with Crippen LogP contribution in [0.3, 0.4) is 0 Å². The van der Waals surface area contributed by atoms with Crippen LogP contribution in [0, 0.1) is 5.41 Å². The molecule has 2 aliphatic rings. The molecule has 4 nitrogen and oxygen atoms in total. The minimum Gasteiger partial charge on any atom is -0.392 e. The monoisotopic (exact) mass is 242 g/mol. The Kier molecular flexibility index (Phi) is 3.44. The van der Waals surface area contributed by atoms with Crippen LogP contribution in [0.25, 0.3) is 0 Å². The second-order valence-electron chi connectivity index (χ2n) is 4.64. The number of amides is 1. The maximum atomic E-state index is 12.0. The average Bonchev–Trinajstić information content (AvgIpc) is 2.64. The van der Waals surface area contributed by atoms with Gasteiger partial charge in [-0.15, -0.1) is 0 Å². The number of ether oxygens (including phenoxy) is 1. The Morgan fingerprint density at radius 1 is 1.50 bits per heavy atom. The number of carbonyl (C=O) groups excluding carboxylic acids is 1. The van der Waals surface area contributed by atoms with Gasteiger partial charge in [0.15, 0.2) is 0 Å². The number of rotatable bonds is 4. The fraction of sp³-hybridized carbons (Fsp3) is 0.818. The number of carbonyl (C=O) groups is 1. The molecule has 1 saturated heterocycles. The van der Waals surface area contributed by atoms with Crippen LogP contribution >= 0.6 is 12.2 Å². The first-order chi connectivity index (χ1) is 7.65. The van der Waals surface area contributed by atoms with Gasteiger partial charge in [0.2, 0.25) is 5.91 Å². The Morgan fingerprint density at radius 3 is 2.69 bits per heavy atom. The Morgan fingerprint density at radius 2 is 2.25 bits per heavy atom. The molecule has 0 radical (unpaired) electrons. The first kappa shape index (κ1) is 11.8. The summed E-state index contributed by atoms with van der Waals surface area (Å²) in [4.78, 5) is 12.3. The highest BCUT2D eigenvalue weighted by Gasteiger charge is 2.46. The van der Waals surface area contributed by atoms with Crippen LogP contribution in [0.15, 0.2) is 0 Å². The van der Waals surface area contributed by atoms with E-state index in [0.717, 1.165) is 38.7 Å². The van der Waals surface area contributed by atoms with E-state index in [2.05, 4.69) is 5.32 Å². The molecule has 2 fully saturated rings. The summed E-state index contributed by atoms with van der Waals surface area (Å²) >= 11 is 4.99. The topological polar surface area (TPSA) is 64.4 Å². The maximum absolute atomic E-state index is 12.0. The van der Waals surface area contributed by atoms with Gasteiger partial charge in [0, 0.05) is 13.2 Å². The molecule has 0 aromatic heterocycles. The van der Waals surface area contributed by atoms with Crippen LogP contribution in [0.1, 0.15) is 32.1 Å². The van der Waals surface area contributed by atoms with Crippen LogP contribution in [0.5, 0.6) is 0 Å². The molecule has 0 spiro atoms. The highest BCUT2D eigenvalue weighted by molar-refractivity contribution is 7.80. The molecule has 5 heteroatoms. The molecule has 0 aromatic carbocycles. The zero-order chi connectivity index (χ0) is 11.6. The summed E-state index contributed by atoms with van der Waals surface area (Å²) in [5.74, 6) is -0.0123. The molecule has 1 amide bonds. The Bertz CT molecular complexity index is 296. The van der Waals surface area contributed by atoms with Crippen LogP contribution < -0.4 is 11.1 Å². The SMILES string of the molecule is NC(=S)C1(C(=O)NCC2CCCO2)CCC1. The van der Waals surface area contributed by atoms with Crippen molar-refractivity contribution in [2.75, 3.05) is 13.2 Å².